The second kappa shape index (κ2) is 17.5. The highest BCUT2D eigenvalue weighted by Crippen LogP contribution is 2.02. The maximum Gasteiger partial charge on any atom is 0.129 e. The van der Waals surface area contributed by atoms with Gasteiger partial charge in [0.1, 0.15) is 11.6 Å². The maximum absolute atomic E-state index is 9.81. The molecule has 3 nitrogen and oxygen atoms in total. The third kappa shape index (κ3) is 30.0. The van der Waals surface area contributed by atoms with E-state index in [0.29, 0.717) is 6.42 Å². The highest BCUT2D eigenvalue weighted by Gasteiger charge is 1.83. The second-order valence-corrected chi connectivity index (χ2v) is 4.36. The fraction of sp³-hybridized carbons (Fsp3) is 0.529. The largest absolute Gasteiger partial charge is 0.397 e. The first kappa shape index (κ1) is 23.6. The van der Waals surface area contributed by atoms with Crippen LogP contribution < -0.4 is 0 Å². The van der Waals surface area contributed by atoms with Crippen molar-refractivity contribution in [1.29, 1.82) is 0 Å². The van der Waals surface area contributed by atoms with Crippen LogP contribution in [0.5, 0.6) is 0 Å². The molecule has 1 aromatic rings. The van der Waals surface area contributed by atoms with Gasteiger partial charge >= 0.3 is 0 Å². The number of carbonyl (C=O) groups is 2. The Balaban J connectivity index is -0.000000211. The van der Waals surface area contributed by atoms with Crippen molar-refractivity contribution >= 4 is 11.6 Å². The standard InChI is InChI=1S/C8H10.C4H8O.C3H6O.C2H6O/c1-7-5-3-4-6-8(7)2;1-3-4(2)5;1-3(2)4;1-2-3/h3-6H,1-2H3;3H2,1-2H3;1-2H3;3H,2H2,1H3. The van der Waals surface area contributed by atoms with E-state index in [1.807, 2.05) is 6.92 Å². The van der Waals surface area contributed by atoms with Crippen LogP contribution >= 0.6 is 0 Å². The highest BCUT2D eigenvalue weighted by molar-refractivity contribution is 5.74. The van der Waals surface area contributed by atoms with Crippen LogP contribution in [0.4, 0.5) is 0 Å². The van der Waals surface area contributed by atoms with E-state index < -0.39 is 0 Å². The number of aliphatic hydroxyl groups excluding tert-OH is 1. The molecule has 0 aromatic heterocycles. The van der Waals surface area contributed by atoms with E-state index in [1.165, 1.54) is 25.0 Å². The number of ketones is 2. The summed E-state index contributed by atoms with van der Waals surface area (Å²) in [5.74, 6) is 0.421. The van der Waals surface area contributed by atoms with E-state index in [9.17, 15) is 9.59 Å². The van der Waals surface area contributed by atoms with Crippen LogP contribution in [0.1, 0.15) is 52.2 Å². The molecule has 0 aliphatic rings. The van der Waals surface area contributed by atoms with Gasteiger partial charge in [-0.25, -0.2) is 0 Å². The van der Waals surface area contributed by atoms with Crippen LogP contribution in [0.25, 0.3) is 0 Å². The van der Waals surface area contributed by atoms with E-state index in [0.717, 1.165) is 0 Å². The van der Waals surface area contributed by atoms with Crippen molar-refractivity contribution in [2.24, 2.45) is 0 Å². The molecule has 0 spiro atoms. The van der Waals surface area contributed by atoms with Crippen LogP contribution in [0.3, 0.4) is 0 Å². The summed E-state index contributed by atoms with van der Waals surface area (Å²) in [4.78, 5) is 19.3. The van der Waals surface area contributed by atoms with Gasteiger partial charge in [-0.2, -0.15) is 0 Å². The number of Topliss-reactive ketones (excluding diaryl/α,β-unsaturated/α-hetero) is 2. The third-order valence-corrected chi connectivity index (χ3v) is 1.92. The Bertz CT molecular complexity index is 332. The molecule has 0 fully saturated rings. The summed E-state index contributed by atoms with van der Waals surface area (Å²) in [5, 5.41) is 7.57. The zero-order valence-corrected chi connectivity index (χ0v) is 14.0. The number of carbonyl (C=O) groups excluding carboxylic acids is 2. The van der Waals surface area contributed by atoms with Gasteiger partial charge in [-0.1, -0.05) is 31.2 Å². The minimum Gasteiger partial charge on any atom is -0.397 e. The summed E-state index contributed by atoms with van der Waals surface area (Å²) in [6.07, 6.45) is 0.667. The van der Waals surface area contributed by atoms with E-state index in [4.69, 9.17) is 5.11 Å². The van der Waals surface area contributed by atoms with Crippen LogP contribution in [0, 0.1) is 13.8 Å². The van der Waals surface area contributed by atoms with E-state index >= 15 is 0 Å². The lowest BCUT2D eigenvalue weighted by molar-refractivity contribution is -0.117. The summed E-state index contributed by atoms with van der Waals surface area (Å²) in [7, 11) is 0. The third-order valence-electron chi connectivity index (χ3n) is 1.92. The topological polar surface area (TPSA) is 54.4 Å². The molecule has 0 aliphatic carbocycles. The quantitative estimate of drug-likeness (QED) is 0.850. The molecule has 0 unspecified atom stereocenters. The Morgan fingerprint density at radius 2 is 1.15 bits per heavy atom. The van der Waals surface area contributed by atoms with Crippen molar-refractivity contribution in [2.75, 3.05) is 6.61 Å². The summed E-state index contributed by atoms with van der Waals surface area (Å²) in [5.41, 5.74) is 2.74. The monoisotopic (exact) mass is 282 g/mol. The molecule has 1 rings (SSSR count). The normalized spacial score (nSPS) is 7.80. The number of hydrogen-bond donors (Lipinski definition) is 1. The molecule has 0 atom stereocenters. The fourth-order valence-corrected chi connectivity index (χ4v) is 0.663. The smallest absolute Gasteiger partial charge is 0.129 e. The lowest BCUT2D eigenvalue weighted by Gasteiger charge is -1.93. The van der Waals surface area contributed by atoms with Crippen molar-refractivity contribution in [1.82, 2.24) is 0 Å². The molecular formula is C17H30O3. The van der Waals surface area contributed by atoms with Gasteiger partial charge in [0.2, 0.25) is 0 Å². The van der Waals surface area contributed by atoms with Gasteiger partial charge in [-0.3, -0.25) is 0 Å². The molecule has 0 aliphatic heterocycles. The summed E-state index contributed by atoms with van der Waals surface area (Å²) in [6, 6.07) is 8.36. The maximum atomic E-state index is 9.81. The molecule has 1 aromatic carbocycles. The van der Waals surface area contributed by atoms with Gasteiger partial charge in [0.15, 0.2) is 0 Å². The number of aryl methyl sites for hydroxylation is 2. The molecule has 0 saturated heterocycles. The zero-order valence-electron chi connectivity index (χ0n) is 14.0. The average molecular weight is 282 g/mol. The molecule has 0 amide bonds. The van der Waals surface area contributed by atoms with Crippen molar-refractivity contribution in [2.45, 2.75) is 54.9 Å². The molecule has 0 bridgehead atoms. The predicted octanol–water partition coefficient (Wildman–Crippen LogP) is 3.88. The van der Waals surface area contributed by atoms with Gasteiger partial charge in [0.25, 0.3) is 0 Å². The van der Waals surface area contributed by atoms with Crippen molar-refractivity contribution in [3.05, 3.63) is 35.4 Å². The Morgan fingerprint density at radius 3 is 1.25 bits per heavy atom. The second-order valence-electron chi connectivity index (χ2n) is 4.36. The number of hydrogen-bond acceptors (Lipinski definition) is 3. The van der Waals surface area contributed by atoms with Gasteiger partial charge in [-0.15, -0.1) is 0 Å². The first-order chi connectivity index (χ1) is 9.22. The van der Waals surface area contributed by atoms with Crippen LogP contribution in [0.2, 0.25) is 0 Å². The molecule has 20 heavy (non-hydrogen) atoms. The number of rotatable bonds is 1. The van der Waals surface area contributed by atoms with Gasteiger partial charge in [0.05, 0.1) is 0 Å². The number of benzene rings is 1. The van der Waals surface area contributed by atoms with Crippen LogP contribution in [-0.4, -0.2) is 23.3 Å². The van der Waals surface area contributed by atoms with E-state index in [2.05, 4.69) is 38.1 Å². The van der Waals surface area contributed by atoms with Crippen LogP contribution in [0.15, 0.2) is 24.3 Å². The lowest BCUT2D eigenvalue weighted by atomic mass is 10.1. The zero-order chi connectivity index (χ0) is 16.6. The lowest BCUT2D eigenvalue weighted by Crippen LogP contribution is -1.80. The molecule has 1 N–H and O–H groups in total. The SMILES string of the molecule is CC(C)=O.CCC(C)=O.CCO.Cc1ccccc1C. The molecule has 116 valence electrons. The van der Waals surface area contributed by atoms with Gasteiger partial charge in [0, 0.05) is 13.0 Å². The summed E-state index contributed by atoms with van der Waals surface area (Å²) >= 11 is 0. The Kier molecular flexibility index (Phi) is 20.7. The Labute approximate surface area is 124 Å². The molecule has 0 saturated carbocycles. The number of aliphatic hydroxyl groups is 1. The summed E-state index contributed by atoms with van der Waals surface area (Å²) in [6.45, 7) is 12.7. The van der Waals surface area contributed by atoms with Crippen molar-refractivity contribution in [3.63, 3.8) is 0 Å². The first-order valence-electron chi connectivity index (χ1n) is 6.82. The van der Waals surface area contributed by atoms with Gasteiger partial charge in [-0.05, 0) is 52.7 Å². The first-order valence-corrected chi connectivity index (χ1v) is 6.82. The minimum absolute atomic E-state index is 0.167. The van der Waals surface area contributed by atoms with Crippen molar-refractivity contribution < 1.29 is 14.7 Å². The average Bonchev–Trinajstić information content (AvgIpc) is 2.34. The van der Waals surface area contributed by atoms with E-state index in [1.54, 1.807) is 13.8 Å². The molecule has 0 heterocycles. The predicted molar refractivity (Wildman–Crippen MR) is 86.0 cm³/mol. The van der Waals surface area contributed by atoms with Crippen LogP contribution in [-0.2, 0) is 9.59 Å². The highest BCUT2D eigenvalue weighted by atomic mass is 16.2. The molecule has 0 radical (unpaired) electrons. The summed E-state index contributed by atoms with van der Waals surface area (Å²) < 4.78 is 0. The van der Waals surface area contributed by atoms with Crippen molar-refractivity contribution in [3.8, 4) is 0 Å². The Hall–Kier alpha value is -1.48. The molecular weight excluding hydrogens is 252 g/mol. The Morgan fingerprint density at radius 1 is 0.950 bits per heavy atom. The van der Waals surface area contributed by atoms with Gasteiger partial charge < -0.3 is 14.7 Å². The molecule has 3 heteroatoms. The van der Waals surface area contributed by atoms with E-state index in [-0.39, 0.29) is 18.2 Å². The fourth-order valence-electron chi connectivity index (χ4n) is 0.663. The minimum atomic E-state index is 0.167.